The summed E-state index contributed by atoms with van der Waals surface area (Å²) in [6.45, 7) is 5.11. The topological polar surface area (TPSA) is 58.2 Å². The molecule has 0 aliphatic carbocycles. The third-order valence-electron chi connectivity index (χ3n) is 3.88. The van der Waals surface area contributed by atoms with Crippen molar-refractivity contribution in [2.45, 2.75) is 26.5 Å². The van der Waals surface area contributed by atoms with Gasteiger partial charge in [-0.15, -0.1) is 11.3 Å². The van der Waals surface area contributed by atoms with Crippen LogP contribution in [-0.4, -0.2) is 34.4 Å². The third kappa shape index (κ3) is 3.49. The highest BCUT2D eigenvalue weighted by molar-refractivity contribution is 7.09. The van der Waals surface area contributed by atoms with Gasteiger partial charge >= 0.3 is 0 Å². The van der Waals surface area contributed by atoms with Crippen LogP contribution in [0.4, 0.5) is 0 Å². The lowest BCUT2D eigenvalue weighted by Gasteiger charge is -2.16. The Labute approximate surface area is 145 Å². The van der Waals surface area contributed by atoms with Crippen molar-refractivity contribution in [1.82, 2.24) is 14.9 Å². The molecule has 0 spiro atoms. The van der Waals surface area contributed by atoms with Crippen molar-refractivity contribution in [2.24, 2.45) is 0 Å². The van der Waals surface area contributed by atoms with E-state index in [-0.39, 0.29) is 12.0 Å². The number of thiazole rings is 1. The Hall–Kier alpha value is -2.18. The molecule has 2 aromatic heterocycles. The largest absolute Gasteiger partial charge is 0.372 e. The van der Waals surface area contributed by atoms with Gasteiger partial charge in [-0.05, 0) is 37.4 Å². The van der Waals surface area contributed by atoms with E-state index in [1.54, 1.807) is 23.3 Å². The minimum absolute atomic E-state index is 0.00922. The van der Waals surface area contributed by atoms with E-state index in [0.29, 0.717) is 18.7 Å². The number of hydrogen-bond acceptors (Lipinski definition) is 4. The maximum atomic E-state index is 12.6. The number of carbonyl (C=O) groups is 1. The normalized spacial score (nSPS) is 12.5. The summed E-state index contributed by atoms with van der Waals surface area (Å²) in [5.74, 6) is -0.0149. The van der Waals surface area contributed by atoms with E-state index in [1.807, 2.05) is 49.7 Å². The first-order chi connectivity index (χ1) is 11.6. The maximum absolute atomic E-state index is 12.6. The van der Waals surface area contributed by atoms with Crippen molar-refractivity contribution >= 4 is 28.1 Å². The van der Waals surface area contributed by atoms with Gasteiger partial charge in [-0.1, -0.05) is 6.07 Å². The molecule has 2 heterocycles. The monoisotopic (exact) mass is 343 g/mol. The van der Waals surface area contributed by atoms with Crippen LogP contribution in [0.3, 0.4) is 0 Å². The number of rotatable bonds is 6. The number of nitrogens with one attached hydrogen (secondary N) is 1. The van der Waals surface area contributed by atoms with Gasteiger partial charge in [0.15, 0.2) is 0 Å². The number of aromatic nitrogens is 2. The summed E-state index contributed by atoms with van der Waals surface area (Å²) >= 11 is 1.57. The Kier molecular flexibility index (Phi) is 4.97. The maximum Gasteiger partial charge on any atom is 0.254 e. The van der Waals surface area contributed by atoms with Gasteiger partial charge in [-0.25, -0.2) is 4.98 Å². The van der Waals surface area contributed by atoms with E-state index in [2.05, 4.69) is 9.97 Å². The summed E-state index contributed by atoms with van der Waals surface area (Å²) in [4.78, 5) is 22.0. The van der Waals surface area contributed by atoms with Crippen molar-refractivity contribution in [3.05, 3.63) is 52.1 Å². The van der Waals surface area contributed by atoms with Gasteiger partial charge in [0.05, 0.1) is 12.2 Å². The lowest BCUT2D eigenvalue weighted by atomic mass is 10.1. The summed E-state index contributed by atoms with van der Waals surface area (Å²) in [5, 5.41) is 4.03. The van der Waals surface area contributed by atoms with E-state index >= 15 is 0 Å². The van der Waals surface area contributed by atoms with Crippen molar-refractivity contribution in [3.63, 3.8) is 0 Å². The quantitative estimate of drug-likeness (QED) is 0.736. The number of benzene rings is 1. The minimum atomic E-state index is -0.0149. The van der Waals surface area contributed by atoms with Gasteiger partial charge in [-0.3, -0.25) is 4.79 Å². The molecule has 3 rings (SSSR count). The highest BCUT2D eigenvalue weighted by Gasteiger charge is 2.16. The van der Waals surface area contributed by atoms with E-state index < -0.39 is 0 Å². The Bertz CT molecular complexity index is 840. The molecule has 3 aromatic rings. The van der Waals surface area contributed by atoms with Crippen LogP contribution >= 0.6 is 11.3 Å². The van der Waals surface area contributed by atoms with E-state index in [9.17, 15) is 4.79 Å². The molecule has 24 heavy (non-hydrogen) atoms. The standard InChI is InChI=1S/C18H21N3O2S/c1-4-23-12(2)17-20-15(11-24-17)10-21(3)18(22)14-6-5-13-7-8-19-16(13)9-14/h5-9,11-12,19H,4,10H2,1-3H3/t12-/m0/s1. The smallest absolute Gasteiger partial charge is 0.254 e. The van der Waals surface area contributed by atoms with E-state index in [0.717, 1.165) is 21.6 Å². The second kappa shape index (κ2) is 7.15. The molecule has 6 heteroatoms. The van der Waals surface area contributed by atoms with Crippen LogP contribution in [0.25, 0.3) is 10.9 Å². The molecular weight excluding hydrogens is 322 g/mol. The molecule has 0 aliphatic rings. The Morgan fingerprint density at radius 2 is 2.25 bits per heavy atom. The lowest BCUT2D eigenvalue weighted by molar-refractivity contribution is 0.0756. The summed E-state index contributed by atoms with van der Waals surface area (Å²) < 4.78 is 5.56. The van der Waals surface area contributed by atoms with Crippen molar-refractivity contribution < 1.29 is 9.53 Å². The van der Waals surface area contributed by atoms with Crippen molar-refractivity contribution in [2.75, 3.05) is 13.7 Å². The molecule has 1 atom stereocenters. The molecular formula is C18H21N3O2S. The lowest BCUT2D eigenvalue weighted by Crippen LogP contribution is -2.26. The van der Waals surface area contributed by atoms with Gasteiger partial charge in [0.25, 0.3) is 5.91 Å². The summed E-state index contributed by atoms with van der Waals surface area (Å²) in [6.07, 6.45) is 1.86. The molecule has 0 fully saturated rings. The SMILES string of the molecule is CCO[C@@H](C)c1nc(CN(C)C(=O)c2ccc3cc[nH]c3c2)cs1. The number of aromatic amines is 1. The fourth-order valence-corrected chi connectivity index (χ4v) is 3.43. The average molecular weight is 343 g/mol. The third-order valence-corrected chi connectivity index (χ3v) is 4.94. The second-order valence-electron chi connectivity index (χ2n) is 5.72. The van der Waals surface area contributed by atoms with Crippen LogP contribution in [0.2, 0.25) is 0 Å². The van der Waals surface area contributed by atoms with Crippen molar-refractivity contribution in [1.29, 1.82) is 0 Å². The van der Waals surface area contributed by atoms with Gasteiger partial charge in [0.1, 0.15) is 11.1 Å². The average Bonchev–Trinajstić information content (AvgIpc) is 3.22. The van der Waals surface area contributed by atoms with Crippen LogP contribution in [0, 0.1) is 0 Å². The predicted octanol–water partition coefficient (Wildman–Crippen LogP) is 3.99. The minimum Gasteiger partial charge on any atom is -0.372 e. The Morgan fingerprint density at radius 3 is 3.04 bits per heavy atom. The highest BCUT2D eigenvalue weighted by Crippen LogP contribution is 2.22. The zero-order chi connectivity index (χ0) is 17.1. The van der Waals surface area contributed by atoms with Crippen LogP contribution in [-0.2, 0) is 11.3 Å². The Balaban J connectivity index is 1.69. The number of fused-ring (bicyclic) bond motifs is 1. The predicted molar refractivity (Wildman–Crippen MR) is 96.3 cm³/mol. The van der Waals surface area contributed by atoms with Gasteiger partial charge in [0, 0.05) is 36.3 Å². The summed E-state index contributed by atoms with van der Waals surface area (Å²) in [6, 6.07) is 7.69. The molecule has 0 saturated carbocycles. The molecule has 5 nitrogen and oxygen atoms in total. The van der Waals surface area contributed by atoms with Crippen LogP contribution in [0.5, 0.6) is 0 Å². The molecule has 1 N–H and O–H groups in total. The molecule has 0 bridgehead atoms. The van der Waals surface area contributed by atoms with E-state index in [4.69, 9.17) is 4.74 Å². The molecule has 1 aromatic carbocycles. The van der Waals surface area contributed by atoms with Gasteiger partial charge in [-0.2, -0.15) is 0 Å². The molecule has 1 amide bonds. The second-order valence-corrected chi connectivity index (χ2v) is 6.61. The first kappa shape index (κ1) is 16.7. The highest BCUT2D eigenvalue weighted by atomic mass is 32.1. The van der Waals surface area contributed by atoms with Gasteiger partial charge < -0.3 is 14.6 Å². The zero-order valence-electron chi connectivity index (χ0n) is 14.1. The zero-order valence-corrected chi connectivity index (χ0v) is 14.9. The molecule has 0 aliphatic heterocycles. The number of hydrogen-bond donors (Lipinski definition) is 1. The molecule has 0 radical (unpaired) electrons. The summed E-state index contributed by atoms with van der Waals surface area (Å²) in [7, 11) is 1.80. The molecule has 126 valence electrons. The summed E-state index contributed by atoms with van der Waals surface area (Å²) in [5.41, 5.74) is 2.53. The number of H-pyrrole nitrogens is 1. The fraction of sp³-hybridized carbons (Fsp3) is 0.333. The Morgan fingerprint density at radius 1 is 1.42 bits per heavy atom. The number of carbonyl (C=O) groups excluding carboxylic acids is 1. The van der Waals surface area contributed by atoms with Crippen molar-refractivity contribution in [3.8, 4) is 0 Å². The number of nitrogens with zero attached hydrogens (tertiary/aromatic N) is 2. The van der Waals surface area contributed by atoms with Crippen LogP contribution in [0.1, 0.15) is 41.0 Å². The van der Waals surface area contributed by atoms with Crippen LogP contribution < -0.4 is 0 Å². The van der Waals surface area contributed by atoms with Gasteiger partial charge in [0.2, 0.25) is 0 Å². The number of ether oxygens (including phenoxy) is 1. The molecule has 0 unspecified atom stereocenters. The van der Waals surface area contributed by atoms with E-state index in [1.165, 1.54) is 0 Å². The van der Waals surface area contributed by atoms with Crippen LogP contribution in [0.15, 0.2) is 35.8 Å². The fourth-order valence-electron chi connectivity index (χ4n) is 2.62. The molecule has 0 saturated heterocycles. The first-order valence-electron chi connectivity index (χ1n) is 7.97. The first-order valence-corrected chi connectivity index (χ1v) is 8.85. The number of amides is 1.